The summed E-state index contributed by atoms with van der Waals surface area (Å²) in [7, 11) is 0. The van der Waals surface area contributed by atoms with Crippen LogP contribution in [-0.2, 0) is 11.2 Å². The number of halogens is 1. The zero-order valence-corrected chi connectivity index (χ0v) is 14.4. The van der Waals surface area contributed by atoms with E-state index in [0.717, 1.165) is 43.9 Å². The Morgan fingerprint density at radius 3 is 2.58 bits per heavy atom. The first-order valence-corrected chi connectivity index (χ1v) is 8.37. The normalized spacial score (nSPS) is 22.2. The van der Waals surface area contributed by atoms with Gasteiger partial charge in [-0.05, 0) is 36.0 Å². The number of aromatic nitrogens is 2. The van der Waals surface area contributed by atoms with Gasteiger partial charge in [0, 0.05) is 38.8 Å². The molecule has 0 bridgehead atoms. The van der Waals surface area contributed by atoms with E-state index < -0.39 is 0 Å². The molecular formula is C18H23ClN4O. The van der Waals surface area contributed by atoms with E-state index in [4.69, 9.17) is 0 Å². The van der Waals surface area contributed by atoms with Gasteiger partial charge in [0.05, 0.1) is 11.9 Å². The summed E-state index contributed by atoms with van der Waals surface area (Å²) < 4.78 is 1.87. The van der Waals surface area contributed by atoms with Crippen LogP contribution in [-0.4, -0.2) is 46.8 Å². The van der Waals surface area contributed by atoms with Crippen LogP contribution in [0.25, 0.3) is 5.69 Å². The molecule has 4 rings (SSSR count). The van der Waals surface area contributed by atoms with Crippen molar-refractivity contribution >= 4 is 18.3 Å². The van der Waals surface area contributed by atoms with Crippen molar-refractivity contribution in [1.29, 1.82) is 0 Å². The lowest BCUT2D eigenvalue weighted by atomic mass is 10.0. The Bertz CT molecular complexity index is 675. The molecule has 3 heterocycles. The fourth-order valence-electron chi connectivity index (χ4n) is 3.68. The summed E-state index contributed by atoms with van der Waals surface area (Å²) in [5, 5.41) is 7.80. The van der Waals surface area contributed by atoms with Gasteiger partial charge >= 0.3 is 0 Å². The number of likely N-dealkylation sites (tertiary alicyclic amines) is 1. The highest BCUT2D eigenvalue weighted by Gasteiger charge is 2.37. The third-order valence-corrected chi connectivity index (χ3v) is 5.03. The van der Waals surface area contributed by atoms with Crippen LogP contribution in [0.1, 0.15) is 12.0 Å². The van der Waals surface area contributed by atoms with Crippen molar-refractivity contribution in [3.8, 4) is 5.69 Å². The van der Waals surface area contributed by atoms with E-state index in [0.29, 0.717) is 18.3 Å². The van der Waals surface area contributed by atoms with Crippen LogP contribution >= 0.6 is 12.4 Å². The van der Waals surface area contributed by atoms with Crippen molar-refractivity contribution in [2.75, 3.05) is 26.2 Å². The summed E-state index contributed by atoms with van der Waals surface area (Å²) in [5.74, 6) is 1.62. The maximum absolute atomic E-state index is 12.4. The third-order valence-electron chi connectivity index (χ3n) is 5.03. The number of hydrogen-bond donors (Lipinski definition) is 1. The lowest BCUT2D eigenvalue weighted by molar-refractivity contribution is -0.130. The van der Waals surface area contributed by atoms with E-state index in [1.165, 1.54) is 0 Å². The number of carbonyl (C=O) groups is 1. The number of hydrogen-bond acceptors (Lipinski definition) is 3. The van der Waals surface area contributed by atoms with Gasteiger partial charge in [-0.3, -0.25) is 4.79 Å². The molecule has 0 unspecified atom stereocenters. The maximum atomic E-state index is 12.4. The number of aryl methyl sites for hydroxylation is 1. The summed E-state index contributed by atoms with van der Waals surface area (Å²) >= 11 is 0. The molecule has 0 radical (unpaired) electrons. The number of fused-ring (bicyclic) bond motifs is 1. The molecule has 1 N–H and O–H groups in total. The Labute approximate surface area is 148 Å². The molecule has 2 atom stereocenters. The van der Waals surface area contributed by atoms with Gasteiger partial charge in [0.2, 0.25) is 5.91 Å². The lowest BCUT2D eigenvalue weighted by Crippen LogP contribution is -2.31. The SMILES string of the molecule is Cl.O=C(CCc1cnn(-c2ccccc2)c1)N1C[C@H]2CNC[C@H]2C1. The lowest BCUT2D eigenvalue weighted by Gasteiger charge is -2.17. The highest BCUT2D eigenvalue weighted by molar-refractivity contribution is 5.85. The summed E-state index contributed by atoms with van der Waals surface area (Å²) in [6, 6.07) is 10.0. The van der Waals surface area contributed by atoms with E-state index in [1.54, 1.807) is 0 Å². The summed E-state index contributed by atoms with van der Waals surface area (Å²) in [6.45, 7) is 4.00. The predicted molar refractivity (Wildman–Crippen MR) is 95.6 cm³/mol. The Morgan fingerprint density at radius 1 is 1.17 bits per heavy atom. The Hall–Kier alpha value is -1.85. The first-order valence-electron chi connectivity index (χ1n) is 8.37. The Balaban J connectivity index is 0.00000169. The molecule has 2 aliphatic heterocycles. The zero-order valence-electron chi connectivity index (χ0n) is 13.6. The largest absolute Gasteiger partial charge is 0.342 e. The second kappa shape index (κ2) is 7.36. The second-order valence-electron chi connectivity index (χ2n) is 6.61. The molecule has 0 aliphatic carbocycles. The number of amides is 1. The van der Waals surface area contributed by atoms with Gasteiger partial charge in [-0.1, -0.05) is 18.2 Å². The van der Waals surface area contributed by atoms with Crippen molar-refractivity contribution in [1.82, 2.24) is 20.0 Å². The highest BCUT2D eigenvalue weighted by atomic mass is 35.5. The van der Waals surface area contributed by atoms with Crippen LogP contribution in [0.3, 0.4) is 0 Å². The molecule has 5 nitrogen and oxygen atoms in total. The summed E-state index contributed by atoms with van der Waals surface area (Å²) in [5.41, 5.74) is 2.16. The van der Waals surface area contributed by atoms with Crippen molar-refractivity contribution in [3.05, 3.63) is 48.3 Å². The number of benzene rings is 1. The molecule has 0 saturated carbocycles. The van der Waals surface area contributed by atoms with Gasteiger partial charge in [-0.15, -0.1) is 12.4 Å². The van der Waals surface area contributed by atoms with E-state index in [2.05, 4.69) is 15.3 Å². The van der Waals surface area contributed by atoms with Crippen molar-refractivity contribution < 1.29 is 4.79 Å². The molecule has 2 aromatic rings. The molecule has 1 amide bonds. The molecule has 1 aromatic carbocycles. The molecule has 2 aliphatic rings. The van der Waals surface area contributed by atoms with Gasteiger partial charge in [-0.2, -0.15) is 5.10 Å². The monoisotopic (exact) mass is 346 g/mol. The highest BCUT2D eigenvalue weighted by Crippen LogP contribution is 2.26. The minimum absolute atomic E-state index is 0. The topological polar surface area (TPSA) is 50.2 Å². The number of nitrogens with one attached hydrogen (secondary N) is 1. The number of nitrogens with zero attached hydrogens (tertiary/aromatic N) is 3. The number of para-hydroxylation sites is 1. The molecule has 2 saturated heterocycles. The Kier molecular flexibility index (Phi) is 5.21. The quantitative estimate of drug-likeness (QED) is 0.920. The molecular weight excluding hydrogens is 324 g/mol. The predicted octanol–water partition coefficient (Wildman–Crippen LogP) is 1.90. The average molecular weight is 347 g/mol. The summed E-state index contributed by atoms with van der Waals surface area (Å²) in [6.07, 6.45) is 5.22. The fourth-order valence-corrected chi connectivity index (χ4v) is 3.68. The number of carbonyl (C=O) groups excluding carboxylic acids is 1. The standard InChI is InChI=1S/C18H22N4O.ClH/c23-18(21-12-15-9-19-10-16(15)13-21)7-6-14-8-20-22(11-14)17-4-2-1-3-5-17;/h1-5,8,11,15-16,19H,6-7,9-10,12-13H2;1H/t15-,16+;. The van der Waals surface area contributed by atoms with Crippen molar-refractivity contribution in [2.45, 2.75) is 12.8 Å². The van der Waals surface area contributed by atoms with Crippen LogP contribution in [0, 0.1) is 11.8 Å². The third kappa shape index (κ3) is 3.47. The molecule has 0 spiro atoms. The van der Waals surface area contributed by atoms with E-state index in [1.807, 2.05) is 47.4 Å². The molecule has 2 fully saturated rings. The molecule has 128 valence electrons. The zero-order chi connectivity index (χ0) is 15.6. The summed E-state index contributed by atoms with van der Waals surface area (Å²) in [4.78, 5) is 14.5. The smallest absolute Gasteiger partial charge is 0.222 e. The second-order valence-corrected chi connectivity index (χ2v) is 6.61. The minimum atomic E-state index is 0. The van der Waals surface area contributed by atoms with Crippen molar-refractivity contribution in [2.24, 2.45) is 11.8 Å². The van der Waals surface area contributed by atoms with Crippen LogP contribution in [0.15, 0.2) is 42.7 Å². The van der Waals surface area contributed by atoms with Crippen LogP contribution in [0.4, 0.5) is 0 Å². The average Bonchev–Trinajstić information content (AvgIpc) is 3.29. The minimum Gasteiger partial charge on any atom is -0.342 e. The van der Waals surface area contributed by atoms with Gasteiger partial charge < -0.3 is 10.2 Å². The van der Waals surface area contributed by atoms with Crippen LogP contribution < -0.4 is 5.32 Å². The van der Waals surface area contributed by atoms with Gasteiger partial charge in [0.15, 0.2) is 0 Å². The molecule has 24 heavy (non-hydrogen) atoms. The van der Waals surface area contributed by atoms with Gasteiger partial charge in [0.25, 0.3) is 0 Å². The fraction of sp³-hybridized carbons (Fsp3) is 0.444. The number of rotatable bonds is 4. The van der Waals surface area contributed by atoms with Crippen molar-refractivity contribution in [3.63, 3.8) is 0 Å². The van der Waals surface area contributed by atoms with E-state index >= 15 is 0 Å². The maximum Gasteiger partial charge on any atom is 0.222 e. The first kappa shape index (κ1) is 17.0. The Morgan fingerprint density at radius 2 is 1.88 bits per heavy atom. The van der Waals surface area contributed by atoms with E-state index in [9.17, 15) is 4.79 Å². The van der Waals surface area contributed by atoms with Gasteiger partial charge in [-0.25, -0.2) is 4.68 Å². The first-order chi connectivity index (χ1) is 11.3. The molecule has 6 heteroatoms. The van der Waals surface area contributed by atoms with E-state index in [-0.39, 0.29) is 18.3 Å². The molecule has 1 aromatic heterocycles. The van der Waals surface area contributed by atoms with Crippen LogP contribution in [0.5, 0.6) is 0 Å². The van der Waals surface area contributed by atoms with Gasteiger partial charge in [0.1, 0.15) is 0 Å². The van der Waals surface area contributed by atoms with Crippen LogP contribution in [0.2, 0.25) is 0 Å².